The fourth-order valence-electron chi connectivity index (χ4n) is 1.62. The van der Waals surface area contributed by atoms with Crippen LogP contribution in [0.4, 0.5) is 0 Å². The topological polar surface area (TPSA) is 26.3 Å². The van der Waals surface area contributed by atoms with Gasteiger partial charge in [0.15, 0.2) is 6.29 Å². The Morgan fingerprint density at radius 1 is 0.950 bits per heavy atom. The third-order valence-electron chi connectivity index (χ3n) is 2.54. The molecule has 0 amide bonds. The van der Waals surface area contributed by atoms with Gasteiger partial charge in [-0.1, -0.05) is 46.4 Å². The van der Waals surface area contributed by atoms with Crippen molar-refractivity contribution in [1.29, 1.82) is 0 Å². The molecule has 0 aliphatic carbocycles. The Hall–Kier alpha value is -0.930. The Balaban J connectivity index is 2.27. The number of hydrogen-bond donors (Lipinski definition) is 0. The van der Waals surface area contributed by atoms with E-state index in [0.717, 1.165) is 0 Å². The molecule has 0 radical (unpaired) electrons. The average molecular weight is 350 g/mol. The van der Waals surface area contributed by atoms with E-state index in [-0.39, 0.29) is 22.9 Å². The highest BCUT2D eigenvalue weighted by Crippen LogP contribution is 2.32. The van der Waals surface area contributed by atoms with E-state index in [1.165, 1.54) is 12.1 Å². The van der Waals surface area contributed by atoms with Gasteiger partial charge in [-0.2, -0.15) is 0 Å². The molecule has 104 valence electrons. The lowest BCUT2D eigenvalue weighted by Crippen LogP contribution is -2.00. The molecule has 2 aromatic rings. The number of benzene rings is 2. The zero-order valence-corrected chi connectivity index (χ0v) is 13.0. The van der Waals surface area contributed by atoms with Crippen LogP contribution < -0.4 is 4.74 Å². The van der Waals surface area contributed by atoms with E-state index in [1.807, 2.05) is 0 Å². The van der Waals surface area contributed by atoms with Gasteiger partial charge in [-0.3, -0.25) is 4.79 Å². The molecule has 0 fully saturated rings. The van der Waals surface area contributed by atoms with Crippen molar-refractivity contribution < 1.29 is 9.53 Å². The minimum Gasteiger partial charge on any atom is -0.487 e. The summed E-state index contributed by atoms with van der Waals surface area (Å²) >= 11 is 23.8. The Morgan fingerprint density at radius 3 is 2.40 bits per heavy atom. The summed E-state index contributed by atoms with van der Waals surface area (Å²) in [5, 5.41) is 1.70. The summed E-state index contributed by atoms with van der Waals surface area (Å²) in [6.45, 7) is 0.140. The molecule has 0 aliphatic heterocycles. The molecule has 0 atom stereocenters. The van der Waals surface area contributed by atoms with Gasteiger partial charge in [0.1, 0.15) is 12.4 Å². The first-order valence-corrected chi connectivity index (χ1v) is 7.03. The Bertz CT molecular complexity index is 656. The molecule has 0 unspecified atom stereocenters. The second-order valence-electron chi connectivity index (χ2n) is 3.95. The average Bonchev–Trinajstić information content (AvgIpc) is 2.40. The third-order valence-corrected chi connectivity index (χ3v) is 3.65. The summed E-state index contributed by atoms with van der Waals surface area (Å²) in [6.07, 6.45) is 0.632. The Morgan fingerprint density at radius 2 is 1.70 bits per heavy atom. The zero-order chi connectivity index (χ0) is 14.7. The summed E-state index contributed by atoms with van der Waals surface area (Å²) in [5.41, 5.74) is 0.975. The number of carbonyl (C=O) groups excluding carboxylic acids is 1. The van der Waals surface area contributed by atoms with Crippen molar-refractivity contribution in [1.82, 2.24) is 0 Å². The van der Waals surface area contributed by atoms with Crippen LogP contribution in [0.3, 0.4) is 0 Å². The van der Waals surface area contributed by atoms with E-state index in [4.69, 9.17) is 51.1 Å². The maximum atomic E-state index is 11.0. The van der Waals surface area contributed by atoms with Gasteiger partial charge < -0.3 is 4.74 Å². The second kappa shape index (κ2) is 6.68. The monoisotopic (exact) mass is 348 g/mol. The first-order valence-electron chi connectivity index (χ1n) is 5.52. The highest BCUT2D eigenvalue weighted by atomic mass is 35.5. The van der Waals surface area contributed by atoms with E-state index < -0.39 is 0 Å². The van der Waals surface area contributed by atoms with Crippen molar-refractivity contribution in [2.45, 2.75) is 6.61 Å². The van der Waals surface area contributed by atoms with Crippen molar-refractivity contribution >= 4 is 52.7 Å². The van der Waals surface area contributed by atoms with E-state index >= 15 is 0 Å². The first-order chi connectivity index (χ1) is 9.51. The molecular weight excluding hydrogens is 342 g/mol. The van der Waals surface area contributed by atoms with Crippen LogP contribution in [-0.4, -0.2) is 6.29 Å². The normalized spacial score (nSPS) is 10.4. The van der Waals surface area contributed by atoms with E-state index in [9.17, 15) is 4.79 Å². The van der Waals surface area contributed by atoms with Crippen LogP contribution >= 0.6 is 46.4 Å². The maximum Gasteiger partial charge on any atom is 0.153 e. The van der Waals surface area contributed by atoms with Gasteiger partial charge in [0.25, 0.3) is 0 Å². The van der Waals surface area contributed by atoms with Crippen LogP contribution in [0.5, 0.6) is 5.75 Å². The van der Waals surface area contributed by atoms with E-state index in [2.05, 4.69) is 0 Å². The van der Waals surface area contributed by atoms with Crippen LogP contribution in [0.1, 0.15) is 15.9 Å². The number of aldehydes is 1. The minimum atomic E-state index is 0.140. The van der Waals surface area contributed by atoms with Crippen LogP contribution in [0.2, 0.25) is 20.1 Å². The molecule has 0 heterocycles. The highest BCUT2D eigenvalue weighted by molar-refractivity contribution is 6.36. The van der Waals surface area contributed by atoms with Crippen molar-refractivity contribution in [3.63, 3.8) is 0 Å². The largest absolute Gasteiger partial charge is 0.487 e. The van der Waals surface area contributed by atoms with Crippen molar-refractivity contribution in [2.24, 2.45) is 0 Å². The van der Waals surface area contributed by atoms with Gasteiger partial charge in [-0.05, 0) is 30.3 Å². The molecule has 2 rings (SSSR count). The Kier molecular flexibility index (Phi) is 5.17. The lowest BCUT2D eigenvalue weighted by molar-refractivity contribution is 0.111. The standard InChI is InChI=1S/C14H8Cl4O2/c15-10-1-2-12(17)9(4-10)7-20-14-8(6-19)3-11(16)5-13(14)18/h1-6H,7H2. The molecule has 6 heteroatoms. The molecule has 0 aliphatic rings. The van der Waals surface area contributed by atoms with Gasteiger partial charge in [0.05, 0.1) is 10.6 Å². The summed E-state index contributed by atoms with van der Waals surface area (Å²) in [5.74, 6) is 0.266. The molecular formula is C14H8Cl4O2. The molecule has 20 heavy (non-hydrogen) atoms. The summed E-state index contributed by atoms with van der Waals surface area (Å²) in [4.78, 5) is 11.0. The van der Waals surface area contributed by atoms with Crippen molar-refractivity contribution in [2.75, 3.05) is 0 Å². The fourth-order valence-corrected chi connectivity index (χ4v) is 2.55. The number of ether oxygens (including phenoxy) is 1. The first kappa shape index (κ1) is 15.5. The van der Waals surface area contributed by atoms with Gasteiger partial charge in [0.2, 0.25) is 0 Å². The predicted molar refractivity (Wildman–Crippen MR) is 82.6 cm³/mol. The lowest BCUT2D eigenvalue weighted by atomic mass is 10.2. The van der Waals surface area contributed by atoms with Gasteiger partial charge in [-0.15, -0.1) is 0 Å². The quantitative estimate of drug-likeness (QED) is 0.662. The summed E-state index contributed by atoms with van der Waals surface area (Å²) in [7, 11) is 0. The predicted octanol–water partition coefficient (Wildman–Crippen LogP) is 5.69. The summed E-state index contributed by atoms with van der Waals surface area (Å²) < 4.78 is 5.57. The smallest absolute Gasteiger partial charge is 0.153 e. The van der Waals surface area contributed by atoms with E-state index in [1.54, 1.807) is 18.2 Å². The number of hydrogen-bond acceptors (Lipinski definition) is 2. The zero-order valence-electron chi connectivity index (χ0n) is 10.00. The SMILES string of the molecule is O=Cc1cc(Cl)cc(Cl)c1OCc1cc(Cl)ccc1Cl. The summed E-state index contributed by atoms with van der Waals surface area (Å²) in [6, 6.07) is 8.03. The van der Waals surface area contributed by atoms with Gasteiger partial charge in [-0.25, -0.2) is 0 Å². The molecule has 0 bridgehead atoms. The van der Waals surface area contributed by atoms with Crippen LogP contribution in [0.25, 0.3) is 0 Å². The van der Waals surface area contributed by atoms with E-state index in [0.29, 0.717) is 26.9 Å². The molecule has 0 aromatic heterocycles. The molecule has 2 nitrogen and oxygen atoms in total. The van der Waals surface area contributed by atoms with Crippen LogP contribution in [-0.2, 0) is 6.61 Å². The molecule has 0 saturated heterocycles. The van der Waals surface area contributed by atoms with Crippen molar-refractivity contribution in [3.8, 4) is 5.75 Å². The number of carbonyl (C=O) groups is 1. The van der Waals surface area contributed by atoms with Gasteiger partial charge in [0, 0.05) is 20.6 Å². The number of rotatable bonds is 4. The number of halogens is 4. The highest BCUT2D eigenvalue weighted by Gasteiger charge is 2.11. The minimum absolute atomic E-state index is 0.140. The molecule has 0 saturated carbocycles. The third kappa shape index (κ3) is 3.58. The van der Waals surface area contributed by atoms with Gasteiger partial charge >= 0.3 is 0 Å². The second-order valence-corrected chi connectivity index (χ2v) is 5.64. The molecule has 2 aromatic carbocycles. The van der Waals surface area contributed by atoms with Crippen LogP contribution in [0, 0.1) is 0 Å². The molecule has 0 spiro atoms. The lowest BCUT2D eigenvalue weighted by Gasteiger charge is -2.12. The van der Waals surface area contributed by atoms with Crippen LogP contribution in [0.15, 0.2) is 30.3 Å². The Labute approximate surface area is 136 Å². The maximum absolute atomic E-state index is 11.0. The van der Waals surface area contributed by atoms with Crippen molar-refractivity contribution in [3.05, 3.63) is 61.5 Å². The molecule has 0 N–H and O–H groups in total. The fraction of sp³-hybridized carbons (Fsp3) is 0.0714.